The van der Waals surface area contributed by atoms with Gasteiger partial charge in [0.05, 0.1) is 12.3 Å². The van der Waals surface area contributed by atoms with Crippen LogP contribution in [0.4, 0.5) is 0 Å². The SMILES string of the molecule is CC(C)Oc1cncc(C(N)CC(C)(C)C)c1. The number of hydrogen-bond donors (Lipinski definition) is 1. The van der Waals surface area contributed by atoms with E-state index >= 15 is 0 Å². The minimum atomic E-state index is 0.0122. The van der Waals surface area contributed by atoms with Crippen LogP contribution < -0.4 is 10.5 Å². The summed E-state index contributed by atoms with van der Waals surface area (Å²) in [5.41, 5.74) is 7.44. The summed E-state index contributed by atoms with van der Waals surface area (Å²) >= 11 is 0. The van der Waals surface area contributed by atoms with E-state index < -0.39 is 0 Å². The van der Waals surface area contributed by atoms with Crippen molar-refractivity contribution in [2.45, 2.75) is 53.2 Å². The average Bonchev–Trinajstić information content (AvgIpc) is 2.14. The molecule has 2 N–H and O–H groups in total. The fourth-order valence-corrected chi connectivity index (χ4v) is 1.75. The van der Waals surface area contributed by atoms with Gasteiger partial charge < -0.3 is 10.5 Å². The standard InChI is InChI=1S/C14H24N2O/c1-10(2)17-12-6-11(8-16-9-12)13(15)7-14(3,4)5/h6,8-10,13H,7,15H2,1-5H3. The molecule has 0 saturated carbocycles. The van der Waals surface area contributed by atoms with Gasteiger partial charge in [-0.1, -0.05) is 20.8 Å². The largest absolute Gasteiger partial charge is 0.489 e. The highest BCUT2D eigenvalue weighted by Gasteiger charge is 2.17. The molecule has 0 aliphatic carbocycles. The smallest absolute Gasteiger partial charge is 0.138 e. The fraction of sp³-hybridized carbons (Fsp3) is 0.643. The van der Waals surface area contributed by atoms with E-state index in [2.05, 4.69) is 25.8 Å². The van der Waals surface area contributed by atoms with E-state index in [9.17, 15) is 0 Å². The summed E-state index contributed by atoms with van der Waals surface area (Å²) in [4.78, 5) is 4.18. The molecule has 0 aliphatic rings. The number of pyridine rings is 1. The van der Waals surface area contributed by atoms with Gasteiger partial charge in [0.1, 0.15) is 5.75 Å². The maximum Gasteiger partial charge on any atom is 0.138 e. The second kappa shape index (κ2) is 5.50. The Morgan fingerprint density at radius 3 is 2.47 bits per heavy atom. The Labute approximate surface area is 104 Å². The topological polar surface area (TPSA) is 48.1 Å². The summed E-state index contributed by atoms with van der Waals surface area (Å²) in [6, 6.07) is 2.00. The van der Waals surface area contributed by atoms with E-state index in [1.165, 1.54) is 0 Å². The molecule has 0 saturated heterocycles. The fourth-order valence-electron chi connectivity index (χ4n) is 1.75. The Kier molecular flexibility index (Phi) is 4.52. The molecule has 0 amide bonds. The first kappa shape index (κ1) is 14.0. The third-order valence-corrected chi connectivity index (χ3v) is 2.37. The number of nitrogens with zero attached hydrogens (tertiary/aromatic N) is 1. The quantitative estimate of drug-likeness (QED) is 0.872. The first-order valence-corrected chi connectivity index (χ1v) is 6.15. The van der Waals surface area contributed by atoms with Crippen molar-refractivity contribution < 1.29 is 4.74 Å². The Hall–Kier alpha value is -1.09. The number of ether oxygens (including phenoxy) is 1. The summed E-state index contributed by atoms with van der Waals surface area (Å²) in [6.45, 7) is 10.6. The van der Waals surface area contributed by atoms with Crippen LogP contribution in [0.3, 0.4) is 0 Å². The molecule has 0 aliphatic heterocycles. The highest BCUT2D eigenvalue weighted by Crippen LogP contribution is 2.28. The van der Waals surface area contributed by atoms with Crippen LogP contribution in [-0.2, 0) is 0 Å². The van der Waals surface area contributed by atoms with Gasteiger partial charge in [-0.2, -0.15) is 0 Å². The zero-order valence-electron chi connectivity index (χ0n) is 11.5. The summed E-state index contributed by atoms with van der Waals surface area (Å²) < 4.78 is 5.62. The monoisotopic (exact) mass is 236 g/mol. The van der Waals surface area contributed by atoms with E-state index in [1.54, 1.807) is 6.20 Å². The molecule has 1 aromatic rings. The first-order chi connectivity index (χ1) is 7.78. The lowest BCUT2D eigenvalue weighted by Gasteiger charge is -2.23. The zero-order valence-corrected chi connectivity index (χ0v) is 11.5. The van der Waals surface area contributed by atoms with E-state index in [1.807, 2.05) is 26.1 Å². The molecule has 1 heterocycles. The van der Waals surface area contributed by atoms with Crippen molar-refractivity contribution >= 4 is 0 Å². The Morgan fingerprint density at radius 2 is 1.94 bits per heavy atom. The molecule has 0 aromatic carbocycles. The minimum absolute atomic E-state index is 0.0122. The zero-order chi connectivity index (χ0) is 13.1. The van der Waals surface area contributed by atoms with Gasteiger partial charge >= 0.3 is 0 Å². The summed E-state index contributed by atoms with van der Waals surface area (Å²) in [5, 5.41) is 0. The van der Waals surface area contributed by atoms with Crippen LogP contribution in [0.25, 0.3) is 0 Å². The average molecular weight is 236 g/mol. The van der Waals surface area contributed by atoms with Crippen molar-refractivity contribution in [3.63, 3.8) is 0 Å². The van der Waals surface area contributed by atoms with Crippen LogP contribution in [0.1, 0.15) is 52.6 Å². The van der Waals surface area contributed by atoms with E-state index in [4.69, 9.17) is 10.5 Å². The molecule has 3 nitrogen and oxygen atoms in total. The maximum absolute atomic E-state index is 6.19. The highest BCUT2D eigenvalue weighted by molar-refractivity contribution is 5.26. The predicted octanol–water partition coefficient (Wildman–Crippen LogP) is 3.30. The Bertz CT molecular complexity index is 355. The van der Waals surface area contributed by atoms with Gasteiger partial charge in [0, 0.05) is 12.2 Å². The molecule has 1 unspecified atom stereocenters. The highest BCUT2D eigenvalue weighted by atomic mass is 16.5. The minimum Gasteiger partial charge on any atom is -0.489 e. The van der Waals surface area contributed by atoms with Crippen LogP contribution in [0.5, 0.6) is 5.75 Å². The van der Waals surface area contributed by atoms with E-state index in [0.717, 1.165) is 17.7 Å². The van der Waals surface area contributed by atoms with Gasteiger partial charge in [0.15, 0.2) is 0 Å². The molecule has 0 bridgehead atoms. The van der Waals surface area contributed by atoms with Crippen LogP contribution in [-0.4, -0.2) is 11.1 Å². The van der Waals surface area contributed by atoms with Crippen LogP contribution in [0.15, 0.2) is 18.5 Å². The number of aromatic nitrogens is 1. The van der Waals surface area contributed by atoms with Crippen molar-refractivity contribution in [2.75, 3.05) is 0 Å². The molecule has 1 atom stereocenters. The number of hydrogen-bond acceptors (Lipinski definition) is 3. The molecule has 1 rings (SSSR count). The number of rotatable bonds is 4. The summed E-state index contributed by atoms with van der Waals surface area (Å²) in [5.74, 6) is 0.793. The van der Waals surface area contributed by atoms with Gasteiger partial charge in [-0.05, 0) is 37.3 Å². The van der Waals surface area contributed by atoms with Crippen molar-refractivity contribution in [1.29, 1.82) is 0 Å². The molecular formula is C14H24N2O. The summed E-state index contributed by atoms with van der Waals surface area (Å²) in [6.07, 6.45) is 4.64. The molecule has 3 heteroatoms. The number of nitrogens with two attached hydrogens (primary N) is 1. The second-order valence-electron chi connectivity index (χ2n) is 5.99. The van der Waals surface area contributed by atoms with Gasteiger partial charge in [-0.25, -0.2) is 0 Å². The van der Waals surface area contributed by atoms with Gasteiger partial charge in [-0.15, -0.1) is 0 Å². The van der Waals surface area contributed by atoms with Gasteiger partial charge in [0.25, 0.3) is 0 Å². The molecule has 96 valence electrons. The maximum atomic E-state index is 6.19. The van der Waals surface area contributed by atoms with Crippen molar-refractivity contribution in [3.8, 4) is 5.75 Å². The van der Waals surface area contributed by atoms with Crippen LogP contribution >= 0.6 is 0 Å². The first-order valence-electron chi connectivity index (χ1n) is 6.15. The van der Waals surface area contributed by atoms with Crippen LogP contribution in [0, 0.1) is 5.41 Å². The lowest BCUT2D eigenvalue weighted by molar-refractivity contribution is 0.241. The molecule has 0 fully saturated rings. The molecule has 1 aromatic heterocycles. The van der Waals surface area contributed by atoms with Crippen molar-refractivity contribution in [3.05, 3.63) is 24.0 Å². The second-order valence-corrected chi connectivity index (χ2v) is 5.99. The van der Waals surface area contributed by atoms with Gasteiger partial charge in [-0.3, -0.25) is 4.98 Å². The molecule has 0 radical (unpaired) electrons. The molecule has 17 heavy (non-hydrogen) atoms. The lowest BCUT2D eigenvalue weighted by Crippen LogP contribution is -2.19. The van der Waals surface area contributed by atoms with E-state index in [-0.39, 0.29) is 17.6 Å². The van der Waals surface area contributed by atoms with Gasteiger partial charge in [0.2, 0.25) is 0 Å². The van der Waals surface area contributed by atoms with Crippen molar-refractivity contribution in [1.82, 2.24) is 4.98 Å². The third-order valence-electron chi connectivity index (χ3n) is 2.37. The lowest BCUT2D eigenvalue weighted by atomic mass is 9.86. The molecule has 0 spiro atoms. The summed E-state index contributed by atoms with van der Waals surface area (Å²) in [7, 11) is 0. The predicted molar refractivity (Wildman–Crippen MR) is 71.0 cm³/mol. The Morgan fingerprint density at radius 1 is 1.29 bits per heavy atom. The normalized spacial score (nSPS) is 13.8. The van der Waals surface area contributed by atoms with Crippen molar-refractivity contribution in [2.24, 2.45) is 11.1 Å². The molecular weight excluding hydrogens is 212 g/mol. The third kappa shape index (κ3) is 5.18. The Balaban J connectivity index is 2.77. The van der Waals surface area contributed by atoms with E-state index in [0.29, 0.717) is 0 Å². The van der Waals surface area contributed by atoms with Crippen LogP contribution in [0.2, 0.25) is 0 Å².